The molecule has 2 radical (unpaired) electrons. The second-order valence-electron chi connectivity index (χ2n) is 3.34. The second-order valence-corrected chi connectivity index (χ2v) is 4.22. The van der Waals surface area contributed by atoms with E-state index >= 15 is 0 Å². The van der Waals surface area contributed by atoms with Crippen molar-refractivity contribution in [2.24, 2.45) is 0 Å². The number of hydrogen-bond acceptors (Lipinski definition) is 2. The maximum Gasteiger partial charge on any atom is 0.194 e. The van der Waals surface area contributed by atoms with Gasteiger partial charge in [0.2, 0.25) is 0 Å². The van der Waals surface area contributed by atoms with E-state index in [-0.39, 0.29) is 0 Å². The average molecular weight is 210 g/mol. The Morgan fingerprint density at radius 1 is 1.33 bits per heavy atom. The summed E-state index contributed by atoms with van der Waals surface area (Å²) in [5.74, 6) is 0. The number of rotatable bonds is 1. The Labute approximate surface area is 92.6 Å². The van der Waals surface area contributed by atoms with Crippen LogP contribution in [0, 0.1) is 0 Å². The lowest BCUT2D eigenvalue weighted by molar-refractivity contribution is 1.23. The van der Waals surface area contributed by atoms with Crippen molar-refractivity contribution in [1.82, 2.24) is 9.38 Å². The molecule has 0 saturated carbocycles. The first-order valence-corrected chi connectivity index (χ1v) is 5.49. The van der Waals surface area contributed by atoms with Crippen LogP contribution in [0.15, 0.2) is 42.0 Å². The summed E-state index contributed by atoms with van der Waals surface area (Å²) < 4.78 is 2.02. The van der Waals surface area contributed by atoms with Gasteiger partial charge in [-0.05, 0) is 0 Å². The summed E-state index contributed by atoms with van der Waals surface area (Å²) in [5, 5.41) is 2.02. The van der Waals surface area contributed by atoms with Gasteiger partial charge in [-0.15, -0.1) is 11.3 Å². The topological polar surface area (TPSA) is 17.3 Å². The summed E-state index contributed by atoms with van der Waals surface area (Å²) in [6.45, 7) is 0. The number of hydrogen-bond donors (Lipinski definition) is 0. The fourth-order valence-electron chi connectivity index (χ4n) is 1.56. The standard InChI is InChI=1S/C11H7BN2S/c12-9-3-1-2-8(6-9)10-7-14-4-5-15-11(14)13-10/h1-7H. The zero-order chi connectivity index (χ0) is 10.3. The summed E-state index contributed by atoms with van der Waals surface area (Å²) in [6, 6.07) is 7.77. The Bertz CT molecular complexity index is 583. The van der Waals surface area contributed by atoms with Crippen molar-refractivity contribution >= 4 is 29.6 Å². The molecule has 2 heterocycles. The first kappa shape index (κ1) is 8.74. The normalized spacial score (nSPS) is 10.9. The quantitative estimate of drug-likeness (QED) is 0.560. The molecular formula is C11H7BN2S. The number of imidazole rings is 1. The van der Waals surface area contributed by atoms with E-state index in [4.69, 9.17) is 7.85 Å². The molecule has 70 valence electrons. The maximum atomic E-state index is 5.73. The molecule has 0 bridgehead atoms. The van der Waals surface area contributed by atoms with Gasteiger partial charge in [0, 0.05) is 23.3 Å². The predicted molar refractivity (Wildman–Crippen MR) is 63.9 cm³/mol. The molecule has 4 heteroatoms. The fraction of sp³-hybridized carbons (Fsp3) is 0. The lowest BCUT2D eigenvalue weighted by Crippen LogP contribution is -2.00. The molecule has 3 aromatic rings. The van der Waals surface area contributed by atoms with E-state index in [1.165, 1.54) is 0 Å². The second kappa shape index (κ2) is 3.24. The summed E-state index contributed by atoms with van der Waals surface area (Å²) in [5.41, 5.74) is 2.80. The molecule has 2 nitrogen and oxygen atoms in total. The van der Waals surface area contributed by atoms with Gasteiger partial charge in [-0.1, -0.05) is 29.7 Å². The largest absolute Gasteiger partial charge is 0.297 e. The maximum absolute atomic E-state index is 5.73. The molecule has 0 aliphatic carbocycles. The van der Waals surface area contributed by atoms with Crippen molar-refractivity contribution in [3.8, 4) is 11.3 Å². The van der Waals surface area contributed by atoms with Gasteiger partial charge in [0.15, 0.2) is 4.96 Å². The summed E-state index contributed by atoms with van der Waals surface area (Å²) in [7, 11) is 5.73. The van der Waals surface area contributed by atoms with Crippen molar-refractivity contribution in [2.45, 2.75) is 0 Å². The van der Waals surface area contributed by atoms with Crippen LogP contribution in [0.1, 0.15) is 0 Å². The van der Waals surface area contributed by atoms with Crippen LogP contribution in [0.2, 0.25) is 0 Å². The molecule has 15 heavy (non-hydrogen) atoms. The fourth-order valence-corrected chi connectivity index (χ4v) is 2.26. The Morgan fingerprint density at radius 3 is 3.07 bits per heavy atom. The minimum Gasteiger partial charge on any atom is -0.297 e. The zero-order valence-corrected chi connectivity index (χ0v) is 8.74. The molecule has 0 unspecified atom stereocenters. The van der Waals surface area contributed by atoms with E-state index in [0.717, 1.165) is 21.7 Å². The third kappa shape index (κ3) is 1.47. The van der Waals surface area contributed by atoms with E-state index in [2.05, 4.69) is 4.98 Å². The van der Waals surface area contributed by atoms with Crippen molar-refractivity contribution in [1.29, 1.82) is 0 Å². The van der Waals surface area contributed by atoms with Gasteiger partial charge in [-0.3, -0.25) is 4.40 Å². The number of nitrogens with zero attached hydrogens (tertiary/aromatic N) is 2. The van der Waals surface area contributed by atoms with Crippen molar-refractivity contribution in [2.75, 3.05) is 0 Å². The molecule has 1 aromatic carbocycles. The minimum atomic E-state index is 0.767. The van der Waals surface area contributed by atoms with E-state index < -0.39 is 0 Å². The molecule has 0 atom stereocenters. The molecule has 0 N–H and O–H groups in total. The van der Waals surface area contributed by atoms with Crippen molar-refractivity contribution in [3.05, 3.63) is 42.0 Å². The van der Waals surface area contributed by atoms with Crippen LogP contribution in [-0.4, -0.2) is 17.2 Å². The predicted octanol–water partition coefficient (Wildman–Crippen LogP) is 1.86. The van der Waals surface area contributed by atoms with Crippen molar-refractivity contribution < 1.29 is 0 Å². The van der Waals surface area contributed by atoms with Crippen LogP contribution in [-0.2, 0) is 0 Å². The molecule has 2 aromatic heterocycles. The van der Waals surface area contributed by atoms with Gasteiger partial charge in [-0.25, -0.2) is 4.98 Å². The minimum absolute atomic E-state index is 0.767. The van der Waals surface area contributed by atoms with Gasteiger partial charge in [0.05, 0.1) is 5.69 Å². The monoisotopic (exact) mass is 210 g/mol. The first-order chi connectivity index (χ1) is 7.33. The molecule has 0 amide bonds. The number of aromatic nitrogens is 2. The summed E-state index contributed by atoms with van der Waals surface area (Å²) in [4.78, 5) is 5.52. The van der Waals surface area contributed by atoms with Gasteiger partial charge in [0.1, 0.15) is 7.85 Å². The third-order valence-corrected chi connectivity index (χ3v) is 3.05. The van der Waals surface area contributed by atoms with Crippen LogP contribution >= 0.6 is 11.3 Å². The Morgan fingerprint density at radius 2 is 2.27 bits per heavy atom. The lowest BCUT2D eigenvalue weighted by Gasteiger charge is -1.97. The molecule has 3 rings (SSSR count). The van der Waals surface area contributed by atoms with Crippen LogP contribution in [0.3, 0.4) is 0 Å². The van der Waals surface area contributed by atoms with E-state index in [1.807, 2.05) is 46.4 Å². The molecular weight excluding hydrogens is 203 g/mol. The molecule has 0 saturated heterocycles. The van der Waals surface area contributed by atoms with Crippen LogP contribution in [0.4, 0.5) is 0 Å². The number of benzene rings is 1. The highest BCUT2D eigenvalue weighted by Gasteiger charge is 2.04. The van der Waals surface area contributed by atoms with Crippen LogP contribution in [0.5, 0.6) is 0 Å². The zero-order valence-electron chi connectivity index (χ0n) is 7.92. The molecule has 0 spiro atoms. The smallest absolute Gasteiger partial charge is 0.194 e. The van der Waals surface area contributed by atoms with E-state index in [9.17, 15) is 0 Å². The third-order valence-electron chi connectivity index (χ3n) is 2.28. The molecule has 0 fully saturated rings. The first-order valence-electron chi connectivity index (χ1n) is 4.61. The van der Waals surface area contributed by atoms with Crippen LogP contribution in [0.25, 0.3) is 16.2 Å². The summed E-state index contributed by atoms with van der Waals surface area (Å²) in [6.07, 6.45) is 4.02. The van der Waals surface area contributed by atoms with Crippen molar-refractivity contribution in [3.63, 3.8) is 0 Å². The highest BCUT2D eigenvalue weighted by Crippen LogP contribution is 2.20. The molecule has 0 aliphatic heterocycles. The van der Waals surface area contributed by atoms with Gasteiger partial charge >= 0.3 is 0 Å². The highest BCUT2D eigenvalue weighted by molar-refractivity contribution is 7.15. The Hall–Kier alpha value is -1.55. The van der Waals surface area contributed by atoms with E-state index in [1.54, 1.807) is 11.3 Å². The van der Waals surface area contributed by atoms with E-state index in [0.29, 0.717) is 0 Å². The SMILES string of the molecule is [B]c1cccc(-c2cn3ccsc3n2)c1. The Balaban J connectivity index is 2.17. The summed E-state index contributed by atoms with van der Waals surface area (Å²) >= 11 is 1.63. The van der Waals surface area contributed by atoms with Crippen LogP contribution < -0.4 is 5.46 Å². The molecule has 0 aliphatic rings. The number of thiazole rings is 1. The van der Waals surface area contributed by atoms with Gasteiger partial charge in [-0.2, -0.15) is 0 Å². The van der Waals surface area contributed by atoms with Gasteiger partial charge in [0.25, 0.3) is 0 Å². The Kier molecular flexibility index (Phi) is 1.89. The van der Waals surface area contributed by atoms with Gasteiger partial charge < -0.3 is 0 Å². The average Bonchev–Trinajstić information content (AvgIpc) is 2.76. The lowest BCUT2D eigenvalue weighted by atomic mass is 9.94. The number of fused-ring (bicyclic) bond motifs is 1. The highest BCUT2D eigenvalue weighted by atomic mass is 32.1.